The van der Waals surface area contributed by atoms with Crippen LogP contribution in [0.4, 0.5) is 0 Å². The van der Waals surface area contributed by atoms with Gasteiger partial charge in [-0.05, 0) is 11.6 Å². The van der Waals surface area contributed by atoms with Crippen LogP contribution < -0.4 is 5.32 Å². The van der Waals surface area contributed by atoms with Gasteiger partial charge in [0.1, 0.15) is 18.1 Å². The van der Waals surface area contributed by atoms with Gasteiger partial charge < -0.3 is 10.4 Å². The first-order valence-corrected chi connectivity index (χ1v) is 8.50. The number of carbonyl (C=O) groups excluding carboxylic acids is 2. The molecule has 0 saturated carbocycles. The van der Waals surface area contributed by atoms with E-state index < -0.39 is 23.7 Å². The van der Waals surface area contributed by atoms with Crippen molar-refractivity contribution in [3.8, 4) is 11.4 Å². The lowest BCUT2D eigenvalue weighted by Gasteiger charge is -2.15. The van der Waals surface area contributed by atoms with Gasteiger partial charge in [-0.2, -0.15) is 8.75 Å². The van der Waals surface area contributed by atoms with Crippen molar-refractivity contribution in [2.24, 2.45) is 0 Å². The molecular weight excluding hydrogens is 370 g/mol. The van der Waals surface area contributed by atoms with Gasteiger partial charge in [0.25, 0.3) is 11.7 Å². The average molecular weight is 383 g/mol. The molecule has 1 aromatic carbocycles. The predicted octanol–water partition coefficient (Wildman–Crippen LogP) is 0.990. The number of aromatic nitrogens is 4. The molecule has 1 atom stereocenters. The van der Waals surface area contributed by atoms with Crippen molar-refractivity contribution in [3.05, 3.63) is 60.2 Å². The third-order valence-electron chi connectivity index (χ3n) is 3.64. The third kappa shape index (κ3) is 4.36. The molecule has 0 aliphatic rings. The Balaban J connectivity index is 1.84. The quantitative estimate of drug-likeness (QED) is 0.577. The fourth-order valence-corrected chi connectivity index (χ4v) is 2.92. The van der Waals surface area contributed by atoms with Crippen molar-refractivity contribution in [1.82, 2.24) is 24.0 Å². The Morgan fingerprint density at radius 2 is 1.89 bits per heavy atom. The summed E-state index contributed by atoms with van der Waals surface area (Å²) >= 11 is 0.813. The molecule has 10 heteroatoms. The van der Waals surface area contributed by atoms with Gasteiger partial charge in [-0.1, -0.05) is 30.3 Å². The number of amides is 1. The summed E-state index contributed by atoms with van der Waals surface area (Å²) in [5, 5.41) is 11.5. The molecule has 0 saturated heterocycles. The van der Waals surface area contributed by atoms with Gasteiger partial charge in [-0.25, -0.2) is 14.8 Å². The van der Waals surface area contributed by atoms with E-state index in [1.165, 1.54) is 12.5 Å². The number of carbonyl (C=O) groups is 3. The van der Waals surface area contributed by atoms with E-state index in [9.17, 15) is 14.4 Å². The lowest BCUT2D eigenvalue weighted by Crippen LogP contribution is -2.45. The molecule has 27 heavy (non-hydrogen) atoms. The van der Waals surface area contributed by atoms with E-state index in [0.717, 1.165) is 11.7 Å². The van der Waals surface area contributed by atoms with E-state index in [4.69, 9.17) is 5.11 Å². The molecule has 136 valence electrons. The molecule has 0 radical (unpaired) electrons. The van der Waals surface area contributed by atoms with Gasteiger partial charge in [0, 0.05) is 12.6 Å². The molecule has 0 spiro atoms. The average Bonchev–Trinajstić information content (AvgIpc) is 3.18. The monoisotopic (exact) mass is 383 g/mol. The molecule has 2 heterocycles. The van der Waals surface area contributed by atoms with Crippen LogP contribution >= 0.6 is 11.7 Å². The number of nitrogens with one attached hydrogen (secondary N) is 1. The van der Waals surface area contributed by atoms with Crippen LogP contribution in [-0.4, -0.2) is 47.5 Å². The zero-order chi connectivity index (χ0) is 19.2. The molecule has 2 aromatic heterocycles. The smallest absolute Gasteiger partial charge is 0.374 e. The molecule has 1 unspecified atom stereocenters. The van der Waals surface area contributed by atoms with Crippen molar-refractivity contribution >= 4 is 29.4 Å². The first-order valence-electron chi connectivity index (χ1n) is 7.77. The summed E-state index contributed by atoms with van der Waals surface area (Å²) in [6.45, 7) is 0. The molecule has 3 aromatic rings. The van der Waals surface area contributed by atoms with E-state index in [1.807, 2.05) is 0 Å². The summed E-state index contributed by atoms with van der Waals surface area (Å²) in [4.78, 5) is 43.6. The number of nitrogens with zero attached hydrogens (tertiary/aromatic N) is 4. The highest BCUT2D eigenvalue weighted by atomic mass is 32.1. The fraction of sp³-hybridized carbons (Fsp3) is 0.118. The second kappa shape index (κ2) is 8.23. The van der Waals surface area contributed by atoms with Crippen LogP contribution in [-0.2, 0) is 16.0 Å². The number of aliphatic carboxylic acids is 1. The minimum atomic E-state index is -1.62. The Hall–Kier alpha value is -3.53. The van der Waals surface area contributed by atoms with Crippen LogP contribution in [0.15, 0.2) is 48.9 Å². The van der Waals surface area contributed by atoms with Crippen molar-refractivity contribution < 1.29 is 19.5 Å². The Morgan fingerprint density at radius 1 is 1.11 bits per heavy atom. The van der Waals surface area contributed by atoms with E-state index >= 15 is 0 Å². The molecule has 2 N–H and O–H groups in total. The first kappa shape index (κ1) is 18.3. The van der Waals surface area contributed by atoms with Gasteiger partial charge in [0.05, 0.1) is 17.4 Å². The molecule has 0 aliphatic heterocycles. The number of carboxylic acids is 1. The molecule has 0 bridgehead atoms. The number of hydrogen-bond acceptors (Lipinski definition) is 8. The Morgan fingerprint density at radius 3 is 2.56 bits per heavy atom. The summed E-state index contributed by atoms with van der Waals surface area (Å²) in [6.07, 6.45) is 2.84. The number of rotatable bonds is 7. The molecule has 3 rings (SSSR count). The molecular formula is C17H13N5O4S. The topological polar surface area (TPSA) is 135 Å². The standard InChI is InChI=1S/C17H13N5O4S/c23-15(17(25)26)12(8-10-4-2-1-3-5-10)20-16(24)14-13(21-27-22-14)11-6-7-18-9-19-11/h1-7,9,12H,8H2,(H,20,24)(H,25,26). The maximum Gasteiger partial charge on any atom is 0.374 e. The van der Waals surface area contributed by atoms with Crippen LogP contribution in [0.25, 0.3) is 11.4 Å². The number of Topliss-reactive ketones (excluding diaryl/α,β-unsaturated/α-hetero) is 1. The van der Waals surface area contributed by atoms with Crippen molar-refractivity contribution in [3.63, 3.8) is 0 Å². The molecule has 9 nitrogen and oxygen atoms in total. The maximum atomic E-state index is 12.6. The Labute approximate surface area is 157 Å². The lowest BCUT2D eigenvalue weighted by atomic mass is 10.0. The highest BCUT2D eigenvalue weighted by Gasteiger charge is 2.29. The summed E-state index contributed by atoms with van der Waals surface area (Å²) in [5.74, 6) is -3.43. The summed E-state index contributed by atoms with van der Waals surface area (Å²) < 4.78 is 8.01. The largest absolute Gasteiger partial charge is 0.475 e. The van der Waals surface area contributed by atoms with Crippen LogP contribution in [0.3, 0.4) is 0 Å². The van der Waals surface area contributed by atoms with Gasteiger partial charge in [-0.3, -0.25) is 9.59 Å². The van der Waals surface area contributed by atoms with Crippen LogP contribution in [0.1, 0.15) is 16.1 Å². The number of benzene rings is 1. The van der Waals surface area contributed by atoms with E-state index in [-0.39, 0.29) is 17.8 Å². The van der Waals surface area contributed by atoms with Crippen molar-refractivity contribution in [1.29, 1.82) is 0 Å². The van der Waals surface area contributed by atoms with Gasteiger partial charge in [-0.15, -0.1) is 0 Å². The zero-order valence-corrected chi connectivity index (χ0v) is 14.6. The number of hydrogen-bond donors (Lipinski definition) is 2. The highest BCUT2D eigenvalue weighted by molar-refractivity contribution is 6.99. The third-order valence-corrected chi connectivity index (χ3v) is 4.17. The minimum Gasteiger partial charge on any atom is -0.475 e. The minimum absolute atomic E-state index is 0.0325. The SMILES string of the molecule is O=C(O)C(=O)C(Cc1ccccc1)NC(=O)c1nsnc1-c1ccncn1. The first-order chi connectivity index (χ1) is 13.1. The number of ketones is 1. The molecule has 1 amide bonds. The van der Waals surface area contributed by atoms with E-state index in [1.54, 1.807) is 36.4 Å². The van der Waals surface area contributed by atoms with Gasteiger partial charge in [0.15, 0.2) is 5.69 Å². The number of carboxylic acid groups (broad SMARTS) is 1. The second-order valence-corrected chi connectivity index (χ2v) is 5.97. The highest BCUT2D eigenvalue weighted by Crippen LogP contribution is 2.19. The normalized spacial score (nSPS) is 11.6. The molecule has 0 aliphatic carbocycles. The van der Waals surface area contributed by atoms with Crippen LogP contribution in [0, 0.1) is 0 Å². The van der Waals surface area contributed by atoms with Crippen molar-refractivity contribution in [2.75, 3.05) is 0 Å². The lowest BCUT2D eigenvalue weighted by molar-refractivity contribution is -0.149. The predicted molar refractivity (Wildman–Crippen MR) is 95.0 cm³/mol. The van der Waals surface area contributed by atoms with E-state index in [2.05, 4.69) is 24.0 Å². The summed E-state index contributed by atoms with van der Waals surface area (Å²) in [6, 6.07) is 9.13. The van der Waals surface area contributed by atoms with Crippen LogP contribution in [0.5, 0.6) is 0 Å². The van der Waals surface area contributed by atoms with Gasteiger partial charge in [0.2, 0.25) is 0 Å². The Bertz CT molecular complexity index is 962. The van der Waals surface area contributed by atoms with Crippen LogP contribution in [0.2, 0.25) is 0 Å². The summed E-state index contributed by atoms with van der Waals surface area (Å²) in [5.41, 5.74) is 1.31. The summed E-state index contributed by atoms with van der Waals surface area (Å²) in [7, 11) is 0. The maximum absolute atomic E-state index is 12.6. The zero-order valence-electron chi connectivity index (χ0n) is 13.8. The fourth-order valence-electron chi connectivity index (χ4n) is 2.37. The second-order valence-electron chi connectivity index (χ2n) is 5.44. The van der Waals surface area contributed by atoms with Crippen molar-refractivity contribution in [2.45, 2.75) is 12.5 Å². The Kier molecular flexibility index (Phi) is 5.57. The van der Waals surface area contributed by atoms with E-state index in [0.29, 0.717) is 11.3 Å². The molecule has 0 fully saturated rings. The van der Waals surface area contributed by atoms with Gasteiger partial charge >= 0.3 is 5.97 Å².